The first-order valence-electron chi connectivity index (χ1n) is 24.8. The van der Waals surface area contributed by atoms with Crippen LogP contribution in [0.25, 0.3) is 66.1 Å². The lowest BCUT2D eigenvalue weighted by Crippen LogP contribution is -2.28. The van der Waals surface area contributed by atoms with Crippen LogP contribution in [0, 0.1) is 0 Å². The van der Waals surface area contributed by atoms with Crippen molar-refractivity contribution >= 4 is 38.6 Å². The number of rotatable bonds is 6. The predicted octanol–water partition coefficient (Wildman–Crippen LogP) is 17.8. The first-order valence-corrected chi connectivity index (χ1v) is 24.8. The highest BCUT2D eigenvalue weighted by molar-refractivity contribution is 6.08. The normalized spacial score (nSPS) is 13.9. The molecule has 0 fully saturated rings. The van der Waals surface area contributed by atoms with Crippen LogP contribution in [0.1, 0.15) is 44.5 Å². The van der Waals surface area contributed by atoms with Gasteiger partial charge in [-0.25, -0.2) is 0 Å². The number of anilines is 3. The SMILES string of the molecule is c1ccc(C2(c3ccccc3)c3ccccc3-c3cc(N(c4ccc(-c5ccc6c(ccc7ccccc76)c5)cc4)c4ccc5c(c4)C4(c6ccccc6-c6ccccc64)c4ccccc4-5)ccc32)cc1. The molecule has 15 rings (SSSR count). The van der Waals surface area contributed by atoms with Crippen molar-refractivity contribution in [3.05, 3.63) is 317 Å². The van der Waals surface area contributed by atoms with Crippen LogP contribution in [0.5, 0.6) is 0 Å². The van der Waals surface area contributed by atoms with E-state index >= 15 is 0 Å². The lowest BCUT2D eigenvalue weighted by atomic mass is 9.68. The lowest BCUT2D eigenvalue weighted by molar-refractivity contribution is 0.768. The Bertz CT molecular complexity index is 4010. The van der Waals surface area contributed by atoms with Crippen molar-refractivity contribution in [1.82, 2.24) is 0 Å². The van der Waals surface area contributed by atoms with Crippen LogP contribution in [-0.4, -0.2) is 0 Å². The summed E-state index contributed by atoms with van der Waals surface area (Å²) in [7, 11) is 0. The Morgan fingerprint density at radius 2 is 0.662 bits per heavy atom. The molecule has 3 aliphatic rings. The highest BCUT2D eigenvalue weighted by atomic mass is 15.1. The van der Waals surface area contributed by atoms with E-state index in [2.05, 4.69) is 278 Å². The fraction of sp³-hybridized carbons (Fsp3) is 0.0286. The van der Waals surface area contributed by atoms with E-state index in [1.54, 1.807) is 0 Å². The maximum Gasteiger partial charge on any atom is 0.0726 e. The van der Waals surface area contributed by atoms with Gasteiger partial charge in [0.05, 0.1) is 10.8 Å². The maximum absolute atomic E-state index is 2.51. The van der Waals surface area contributed by atoms with Crippen LogP contribution in [0.15, 0.2) is 273 Å². The summed E-state index contributed by atoms with van der Waals surface area (Å²) in [5.41, 5.74) is 23.0. The first kappa shape index (κ1) is 39.9. The first-order chi connectivity index (χ1) is 35.2. The van der Waals surface area contributed by atoms with Gasteiger partial charge in [0.15, 0.2) is 0 Å². The molecular formula is C70H45N. The molecule has 0 aliphatic heterocycles. The largest absolute Gasteiger partial charge is 0.310 e. The van der Waals surface area contributed by atoms with Crippen LogP contribution >= 0.6 is 0 Å². The second-order valence-electron chi connectivity index (χ2n) is 19.5. The van der Waals surface area contributed by atoms with Crippen molar-refractivity contribution in [2.45, 2.75) is 10.8 Å². The minimum Gasteiger partial charge on any atom is -0.310 e. The Morgan fingerprint density at radius 1 is 0.225 bits per heavy atom. The van der Waals surface area contributed by atoms with E-state index in [0.29, 0.717) is 0 Å². The van der Waals surface area contributed by atoms with Crippen molar-refractivity contribution in [2.75, 3.05) is 4.90 Å². The second kappa shape index (κ2) is 15.2. The van der Waals surface area contributed by atoms with Crippen LogP contribution in [0.2, 0.25) is 0 Å². The summed E-state index contributed by atoms with van der Waals surface area (Å²) in [4.78, 5) is 2.49. The molecule has 0 amide bonds. The Labute approximate surface area is 414 Å². The molecule has 0 saturated heterocycles. The minimum atomic E-state index is -0.486. The summed E-state index contributed by atoms with van der Waals surface area (Å²) in [5.74, 6) is 0. The summed E-state index contributed by atoms with van der Waals surface area (Å²) in [6.07, 6.45) is 0. The van der Waals surface area contributed by atoms with Crippen LogP contribution in [0.3, 0.4) is 0 Å². The van der Waals surface area contributed by atoms with Gasteiger partial charge in [0.25, 0.3) is 0 Å². The molecule has 0 heterocycles. The molecule has 0 unspecified atom stereocenters. The monoisotopic (exact) mass is 899 g/mol. The highest BCUT2D eigenvalue weighted by Crippen LogP contribution is 2.64. The average molecular weight is 900 g/mol. The Hall–Kier alpha value is -9.04. The summed E-state index contributed by atoms with van der Waals surface area (Å²) in [6, 6.07) is 102. The second-order valence-corrected chi connectivity index (χ2v) is 19.5. The summed E-state index contributed by atoms with van der Waals surface area (Å²) >= 11 is 0. The van der Waals surface area contributed by atoms with Gasteiger partial charge in [-0.1, -0.05) is 231 Å². The van der Waals surface area contributed by atoms with Crippen molar-refractivity contribution < 1.29 is 0 Å². The van der Waals surface area contributed by atoms with Crippen molar-refractivity contribution in [3.8, 4) is 44.5 Å². The molecule has 0 bridgehead atoms. The molecule has 1 nitrogen and oxygen atoms in total. The predicted molar refractivity (Wildman–Crippen MR) is 295 cm³/mol. The topological polar surface area (TPSA) is 3.24 Å². The van der Waals surface area contributed by atoms with Gasteiger partial charge in [-0.3, -0.25) is 0 Å². The molecule has 0 aromatic heterocycles. The van der Waals surface area contributed by atoms with Gasteiger partial charge in [-0.05, 0) is 153 Å². The van der Waals surface area contributed by atoms with Gasteiger partial charge >= 0.3 is 0 Å². The van der Waals surface area contributed by atoms with E-state index in [9.17, 15) is 0 Å². The van der Waals surface area contributed by atoms with Crippen molar-refractivity contribution in [2.24, 2.45) is 0 Å². The number of nitrogens with zero attached hydrogens (tertiary/aromatic N) is 1. The van der Waals surface area contributed by atoms with E-state index < -0.39 is 10.8 Å². The molecule has 1 heteroatoms. The number of hydrogen-bond acceptors (Lipinski definition) is 1. The van der Waals surface area contributed by atoms with E-state index in [1.165, 1.54) is 111 Å². The van der Waals surface area contributed by atoms with Gasteiger partial charge in [-0.15, -0.1) is 0 Å². The zero-order valence-corrected chi connectivity index (χ0v) is 38.9. The van der Waals surface area contributed by atoms with Gasteiger partial charge < -0.3 is 4.90 Å². The van der Waals surface area contributed by atoms with Gasteiger partial charge in [0, 0.05) is 17.1 Å². The maximum atomic E-state index is 2.51. The molecule has 71 heavy (non-hydrogen) atoms. The van der Waals surface area contributed by atoms with Crippen molar-refractivity contribution in [3.63, 3.8) is 0 Å². The fourth-order valence-corrected chi connectivity index (χ4v) is 13.2. The summed E-state index contributed by atoms with van der Waals surface area (Å²) in [6.45, 7) is 0. The Morgan fingerprint density at radius 3 is 1.30 bits per heavy atom. The quantitative estimate of drug-likeness (QED) is 0.150. The molecule has 12 aromatic carbocycles. The van der Waals surface area contributed by atoms with Gasteiger partial charge in [-0.2, -0.15) is 0 Å². The third-order valence-corrected chi connectivity index (χ3v) is 16.1. The molecule has 0 saturated carbocycles. The third kappa shape index (κ3) is 5.52. The number of fused-ring (bicyclic) bond motifs is 16. The zero-order chi connectivity index (χ0) is 46.7. The standard InChI is InChI=1S/C70H45N/c1-3-18-50(19-4-1)69(51-20-5-2-6-21-51)63-27-13-12-26-60(63)62-44-53(39-42-67(62)69)71(52-36-33-46(34-37-52)48-35-40-56-49(43-48)32-31-47-17-7-8-22-55(47)56)54-38-41-61-59-25-11-16-30-66(59)70(68(61)45-54)64-28-14-9-23-57(64)58-24-10-15-29-65(58)70/h1-45H. The smallest absolute Gasteiger partial charge is 0.0726 e. The summed E-state index contributed by atoms with van der Waals surface area (Å²) in [5, 5.41) is 5.07. The molecule has 0 N–H and O–H groups in total. The highest BCUT2D eigenvalue weighted by Gasteiger charge is 2.52. The molecule has 1 spiro atoms. The molecule has 0 radical (unpaired) electrons. The molecule has 3 aliphatic carbocycles. The lowest BCUT2D eigenvalue weighted by Gasteiger charge is -2.34. The van der Waals surface area contributed by atoms with E-state index in [1.807, 2.05) is 0 Å². The van der Waals surface area contributed by atoms with E-state index in [4.69, 9.17) is 0 Å². The van der Waals surface area contributed by atoms with E-state index in [0.717, 1.165) is 17.1 Å². The van der Waals surface area contributed by atoms with Crippen LogP contribution in [-0.2, 0) is 10.8 Å². The third-order valence-electron chi connectivity index (χ3n) is 16.1. The fourth-order valence-electron chi connectivity index (χ4n) is 13.2. The molecular weight excluding hydrogens is 855 g/mol. The van der Waals surface area contributed by atoms with Crippen LogP contribution in [0.4, 0.5) is 17.1 Å². The zero-order valence-electron chi connectivity index (χ0n) is 38.9. The Kier molecular flexibility index (Phi) is 8.56. The van der Waals surface area contributed by atoms with Crippen LogP contribution < -0.4 is 4.90 Å². The minimum absolute atomic E-state index is 0.464. The van der Waals surface area contributed by atoms with Gasteiger partial charge in [0.1, 0.15) is 0 Å². The number of benzene rings is 12. The van der Waals surface area contributed by atoms with E-state index in [-0.39, 0.29) is 0 Å². The van der Waals surface area contributed by atoms with Gasteiger partial charge in [0.2, 0.25) is 0 Å². The molecule has 0 atom stereocenters. The average Bonchev–Trinajstić information content (AvgIpc) is 4.03. The Balaban J connectivity index is 0.950. The molecule has 330 valence electrons. The summed E-state index contributed by atoms with van der Waals surface area (Å²) < 4.78 is 0. The van der Waals surface area contributed by atoms with Crippen molar-refractivity contribution in [1.29, 1.82) is 0 Å². The number of hydrogen-bond donors (Lipinski definition) is 0. The molecule has 12 aromatic rings.